The smallest absolute Gasteiger partial charge is 0.338 e. The molecule has 24 heavy (non-hydrogen) atoms. The van der Waals surface area contributed by atoms with Crippen molar-refractivity contribution in [3.05, 3.63) is 18.2 Å². The normalized spacial score (nSPS) is 18.5. The van der Waals surface area contributed by atoms with Gasteiger partial charge in [-0.2, -0.15) is 0 Å². The summed E-state index contributed by atoms with van der Waals surface area (Å²) < 4.78 is 15.8. The molecule has 2 N–H and O–H groups in total. The molecule has 1 fully saturated rings. The van der Waals surface area contributed by atoms with E-state index in [1.54, 1.807) is 18.2 Å². The zero-order valence-electron chi connectivity index (χ0n) is 13.4. The summed E-state index contributed by atoms with van der Waals surface area (Å²) in [6, 6.07) is 5.05. The van der Waals surface area contributed by atoms with Crippen LogP contribution in [0.3, 0.4) is 0 Å². The molecule has 0 atom stereocenters. The van der Waals surface area contributed by atoms with E-state index >= 15 is 0 Å². The van der Waals surface area contributed by atoms with Crippen molar-refractivity contribution in [2.75, 3.05) is 25.1 Å². The van der Waals surface area contributed by atoms with E-state index in [0.717, 1.165) is 19.3 Å². The Kier molecular flexibility index (Phi) is 4.89. The highest BCUT2D eigenvalue weighted by Crippen LogP contribution is 2.32. The standard InChI is InChI=1S/C17H21NO6/c19-15(11-24-16(20)17(21)6-2-1-3-7-17)18-12-4-5-13-14(10-12)23-9-8-22-13/h4-5,10,21H,1-3,6-9,11H2,(H,18,19). The number of carbonyl (C=O) groups excluding carboxylic acids is 2. The fraction of sp³-hybridized carbons (Fsp3) is 0.529. The zero-order chi connectivity index (χ0) is 17.0. The van der Waals surface area contributed by atoms with Crippen molar-refractivity contribution in [3.63, 3.8) is 0 Å². The SMILES string of the molecule is O=C(COC(=O)C1(O)CCCCC1)Nc1ccc2c(c1)OCCO2. The van der Waals surface area contributed by atoms with Gasteiger partial charge in [0.2, 0.25) is 0 Å². The van der Waals surface area contributed by atoms with Crippen molar-refractivity contribution < 1.29 is 28.9 Å². The Balaban J connectivity index is 1.51. The molecule has 7 heteroatoms. The van der Waals surface area contributed by atoms with Crippen LogP contribution in [0.4, 0.5) is 5.69 Å². The minimum Gasteiger partial charge on any atom is -0.486 e. The number of rotatable bonds is 4. The first kappa shape index (κ1) is 16.6. The molecule has 0 bridgehead atoms. The van der Waals surface area contributed by atoms with Crippen LogP contribution >= 0.6 is 0 Å². The van der Waals surface area contributed by atoms with E-state index in [1.165, 1.54) is 0 Å². The number of nitrogens with one attached hydrogen (secondary N) is 1. The lowest BCUT2D eigenvalue weighted by Gasteiger charge is -2.29. The van der Waals surface area contributed by atoms with Crippen molar-refractivity contribution in [2.45, 2.75) is 37.7 Å². The zero-order valence-corrected chi connectivity index (χ0v) is 13.4. The first-order chi connectivity index (χ1) is 11.6. The van der Waals surface area contributed by atoms with E-state index in [-0.39, 0.29) is 0 Å². The average Bonchev–Trinajstić information content (AvgIpc) is 2.60. The molecule has 0 unspecified atom stereocenters. The molecular formula is C17H21NO6. The van der Waals surface area contributed by atoms with E-state index in [9.17, 15) is 14.7 Å². The maximum atomic E-state index is 12.0. The van der Waals surface area contributed by atoms with Gasteiger partial charge >= 0.3 is 5.97 Å². The minimum absolute atomic E-state index is 0.385. The van der Waals surface area contributed by atoms with Gasteiger partial charge < -0.3 is 24.6 Å². The Morgan fingerprint density at radius 2 is 1.83 bits per heavy atom. The lowest BCUT2D eigenvalue weighted by Crippen LogP contribution is -2.42. The summed E-state index contributed by atoms with van der Waals surface area (Å²) in [6.45, 7) is 0.522. The maximum absolute atomic E-state index is 12.0. The second-order valence-corrected chi connectivity index (χ2v) is 6.07. The molecule has 0 radical (unpaired) electrons. The molecule has 3 rings (SSSR count). The van der Waals surface area contributed by atoms with Crippen molar-refractivity contribution in [2.24, 2.45) is 0 Å². The van der Waals surface area contributed by atoms with Crippen LogP contribution in [-0.4, -0.2) is 42.4 Å². The molecule has 2 aliphatic rings. The van der Waals surface area contributed by atoms with E-state index in [1.807, 2.05) is 0 Å². The predicted octanol–water partition coefficient (Wildman–Crippen LogP) is 1.63. The van der Waals surface area contributed by atoms with Crippen LogP contribution in [0.5, 0.6) is 11.5 Å². The largest absolute Gasteiger partial charge is 0.486 e. The van der Waals surface area contributed by atoms with Crippen LogP contribution < -0.4 is 14.8 Å². The molecule has 1 aliphatic heterocycles. The van der Waals surface area contributed by atoms with Gasteiger partial charge in [0.1, 0.15) is 13.2 Å². The monoisotopic (exact) mass is 335 g/mol. The number of hydrogen-bond acceptors (Lipinski definition) is 6. The van der Waals surface area contributed by atoms with Gasteiger partial charge in [-0.3, -0.25) is 4.79 Å². The van der Waals surface area contributed by atoms with Gasteiger partial charge in [0.05, 0.1) is 0 Å². The van der Waals surface area contributed by atoms with Crippen molar-refractivity contribution in [1.82, 2.24) is 0 Å². The first-order valence-electron chi connectivity index (χ1n) is 8.16. The second kappa shape index (κ2) is 7.09. The number of fused-ring (bicyclic) bond motifs is 1. The highest BCUT2D eigenvalue weighted by molar-refractivity contribution is 5.93. The molecule has 1 aromatic carbocycles. The van der Waals surface area contributed by atoms with E-state index in [0.29, 0.717) is 43.2 Å². The maximum Gasteiger partial charge on any atom is 0.338 e. The Labute approximate surface area is 139 Å². The summed E-state index contributed by atoms with van der Waals surface area (Å²) in [5.74, 6) is -0.00304. The molecule has 1 aromatic rings. The van der Waals surface area contributed by atoms with Gasteiger partial charge in [0.25, 0.3) is 5.91 Å². The topological polar surface area (TPSA) is 94.1 Å². The number of esters is 1. The van der Waals surface area contributed by atoms with Crippen LogP contribution in [0.2, 0.25) is 0 Å². The summed E-state index contributed by atoms with van der Waals surface area (Å²) in [5, 5.41) is 12.9. The Morgan fingerprint density at radius 3 is 2.58 bits per heavy atom. The molecule has 0 aromatic heterocycles. The van der Waals surface area contributed by atoms with E-state index in [2.05, 4.69) is 5.32 Å². The molecular weight excluding hydrogens is 314 g/mol. The molecule has 0 saturated heterocycles. The summed E-state index contributed by atoms with van der Waals surface area (Å²) in [7, 11) is 0. The Morgan fingerprint density at radius 1 is 1.12 bits per heavy atom. The molecule has 1 amide bonds. The lowest BCUT2D eigenvalue weighted by atomic mass is 9.85. The second-order valence-electron chi connectivity index (χ2n) is 6.07. The average molecular weight is 335 g/mol. The third-order valence-electron chi connectivity index (χ3n) is 4.22. The Hall–Kier alpha value is -2.28. The van der Waals surface area contributed by atoms with E-state index < -0.39 is 24.1 Å². The van der Waals surface area contributed by atoms with Crippen LogP contribution in [0.15, 0.2) is 18.2 Å². The predicted molar refractivity (Wildman–Crippen MR) is 85.1 cm³/mol. The fourth-order valence-electron chi connectivity index (χ4n) is 2.92. The number of benzene rings is 1. The van der Waals surface area contributed by atoms with Gasteiger partial charge in [0, 0.05) is 11.8 Å². The third kappa shape index (κ3) is 3.79. The van der Waals surface area contributed by atoms with Gasteiger partial charge in [-0.05, 0) is 37.8 Å². The number of hydrogen-bond donors (Lipinski definition) is 2. The van der Waals surface area contributed by atoms with Crippen LogP contribution in [-0.2, 0) is 14.3 Å². The molecule has 0 spiro atoms. The number of carbonyl (C=O) groups is 2. The number of amides is 1. The summed E-state index contributed by atoms with van der Waals surface area (Å²) in [5.41, 5.74) is -0.924. The number of anilines is 1. The van der Waals surface area contributed by atoms with Crippen LogP contribution in [0, 0.1) is 0 Å². The minimum atomic E-state index is -1.45. The summed E-state index contributed by atoms with van der Waals surface area (Å²) in [4.78, 5) is 23.9. The van der Waals surface area contributed by atoms with Crippen molar-refractivity contribution in [3.8, 4) is 11.5 Å². The third-order valence-corrected chi connectivity index (χ3v) is 4.22. The molecule has 130 valence electrons. The number of ether oxygens (including phenoxy) is 3. The fourth-order valence-corrected chi connectivity index (χ4v) is 2.92. The van der Waals surface area contributed by atoms with Crippen molar-refractivity contribution >= 4 is 17.6 Å². The highest BCUT2D eigenvalue weighted by Gasteiger charge is 2.38. The molecule has 1 saturated carbocycles. The van der Waals surface area contributed by atoms with Gasteiger partial charge in [-0.1, -0.05) is 6.42 Å². The van der Waals surface area contributed by atoms with E-state index in [4.69, 9.17) is 14.2 Å². The van der Waals surface area contributed by atoms with Crippen LogP contribution in [0.25, 0.3) is 0 Å². The van der Waals surface area contributed by atoms with Gasteiger partial charge in [-0.25, -0.2) is 4.79 Å². The Bertz CT molecular complexity index is 624. The number of aliphatic hydroxyl groups is 1. The van der Waals surface area contributed by atoms with Gasteiger partial charge in [0.15, 0.2) is 23.7 Å². The van der Waals surface area contributed by atoms with Gasteiger partial charge in [-0.15, -0.1) is 0 Å². The molecule has 7 nitrogen and oxygen atoms in total. The first-order valence-corrected chi connectivity index (χ1v) is 8.16. The molecule has 1 heterocycles. The van der Waals surface area contributed by atoms with Crippen LogP contribution in [0.1, 0.15) is 32.1 Å². The lowest BCUT2D eigenvalue weighted by molar-refractivity contribution is -0.170. The quantitative estimate of drug-likeness (QED) is 0.812. The summed E-state index contributed by atoms with van der Waals surface area (Å²) >= 11 is 0. The molecule has 1 aliphatic carbocycles. The van der Waals surface area contributed by atoms with Crippen molar-refractivity contribution in [1.29, 1.82) is 0 Å². The highest BCUT2D eigenvalue weighted by atomic mass is 16.6. The summed E-state index contributed by atoms with van der Waals surface area (Å²) in [6.07, 6.45) is 3.34.